The molecule has 90 valence electrons. The summed E-state index contributed by atoms with van der Waals surface area (Å²) in [5.74, 6) is 0.527. The van der Waals surface area contributed by atoms with Crippen molar-refractivity contribution in [2.24, 2.45) is 0 Å². The maximum absolute atomic E-state index is 9.46. The fourth-order valence-corrected chi connectivity index (χ4v) is 2.49. The standard InChI is InChI=1S/C11H11ClN2O2S/c1-6(15)9-4-3-8(5-10(9)12)17-11-14-13-7(2)16-11/h3-6,15H,1-2H3. The lowest BCUT2D eigenvalue weighted by atomic mass is 10.1. The van der Waals surface area contributed by atoms with Crippen molar-refractivity contribution in [1.82, 2.24) is 10.2 Å². The van der Waals surface area contributed by atoms with Crippen LogP contribution >= 0.6 is 23.4 Å². The Morgan fingerprint density at radius 2 is 2.18 bits per heavy atom. The molecule has 0 fully saturated rings. The Kier molecular flexibility index (Phi) is 3.71. The average molecular weight is 271 g/mol. The van der Waals surface area contributed by atoms with Crippen LogP contribution < -0.4 is 0 Å². The smallest absolute Gasteiger partial charge is 0.281 e. The number of rotatable bonds is 3. The zero-order valence-electron chi connectivity index (χ0n) is 9.35. The first kappa shape index (κ1) is 12.4. The molecule has 1 unspecified atom stereocenters. The summed E-state index contributed by atoms with van der Waals surface area (Å²) in [5, 5.41) is 18.1. The lowest BCUT2D eigenvalue weighted by molar-refractivity contribution is 0.199. The van der Waals surface area contributed by atoms with E-state index in [0.29, 0.717) is 21.7 Å². The van der Waals surface area contributed by atoms with Crippen molar-refractivity contribution < 1.29 is 9.52 Å². The van der Waals surface area contributed by atoms with Crippen LogP contribution in [0.2, 0.25) is 5.02 Å². The van der Waals surface area contributed by atoms with Gasteiger partial charge in [0.05, 0.1) is 6.10 Å². The first-order chi connectivity index (χ1) is 8.06. The van der Waals surface area contributed by atoms with Crippen molar-refractivity contribution in [1.29, 1.82) is 0 Å². The molecule has 1 heterocycles. The van der Waals surface area contributed by atoms with Crippen molar-refractivity contribution in [2.75, 3.05) is 0 Å². The topological polar surface area (TPSA) is 59.2 Å². The molecular weight excluding hydrogens is 260 g/mol. The van der Waals surface area contributed by atoms with E-state index >= 15 is 0 Å². The molecule has 6 heteroatoms. The van der Waals surface area contributed by atoms with E-state index < -0.39 is 6.10 Å². The molecule has 1 atom stereocenters. The fraction of sp³-hybridized carbons (Fsp3) is 0.273. The van der Waals surface area contributed by atoms with Crippen LogP contribution in [-0.4, -0.2) is 15.3 Å². The SMILES string of the molecule is Cc1nnc(Sc2ccc(C(C)O)c(Cl)c2)o1. The van der Waals surface area contributed by atoms with Crippen molar-refractivity contribution in [3.63, 3.8) is 0 Å². The molecule has 0 aliphatic rings. The van der Waals surface area contributed by atoms with Gasteiger partial charge in [0.15, 0.2) is 0 Å². The van der Waals surface area contributed by atoms with E-state index in [4.69, 9.17) is 16.0 Å². The van der Waals surface area contributed by atoms with Crippen LogP contribution in [-0.2, 0) is 0 Å². The van der Waals surface area contributed by atoms with Crippen LogP contribution in [0.25, 0.3) is 0 Å². The third-order valence-corrected chi connectivity index (χ3v) is 3.29. The van der Waals surface area contributed by atoms with E-state index in [1.54, 1.807) is 26.0 Å². The van der Waals surface area contributed by atoms with Gasteiger partial charge in [-0.05, 0) is 36.4 Å². The van der Waals surface area contributed by atoms with Gasteiger partial charge in [0.1, 0.15) is 0 Å². The summed E-state index contributed by atoms with van der Waals surface area (Å²) in [7, 11) is 0. The third-order valence-electron chi connectivity index (χ3n) is 2.13. The molecule has 0 spiro atoms. The quantitative estimate of drug-likeness (QED) is 0.928. The second-order valence-corrected chi connectivity index (χ2v) is 4.98. The third kappa shape index (κ3) is 3.00. The number of halogens is 1. The highest BCUT2D eigenvalue weighted by Gasteiger charge is 2.10. The molecule has 1 aromatic carbocycles. The maximum Gasteiger partial charge on any atom is 0.281 e. The largest absolute Gasteiger partial charge is 0.416 e. The van der Waals surface area contributed by atoms with Gasteiger partial charge in [0.25, 0.3) is 5.22 Å². The molecule has 0 aliphatic heterocycles. The predicted molar refractivity (Wildman–Crippen MR) is 65.2 cm³/mol. The van der Waals surface area contributed by atoms with Crippen LogP contribution in [0.15, 0.2) is 32.7 Å². The molecule has 0 radical (unpaired) electrons. The van der Waals surface area contributed by atoms with E-state index in [-0.39, 0.29) is 0 Å². The normalized spacial score (nSPS) is 12.7. The Balaban J connectivity index is 2.20. The number of benzene rings is 1. The summed E-state index contributed by atoms with van der Waals surface area (Å²) in [6.07, 6.45) is -0.577. The van der Waals surface area contributed by atoms with Crippen molar-refractivity contribution >= 4 is 23.4 Å². The van der Waals surface area contributed by atoms with E-state index in [9.17, 15) is 5.11 Å². The average Bonchev–Trinajstić information content (AvgIpc) is 2.63. The molecular formula is C11H11ClN2O2S. The van der Waals surface area contributed by atoms with Gasteiger partial charge in [-0.15, -0.1) is 10.2 Å². The van der Waals surface area contributed by atoms with Crippen molar-refractivity contribution in [3.05, 3.63) is 34.7 Å². The van der Waals surface area contributed by atoms with E-state index in [1.807, 2.05) is 6.07 Å². The number of aliphatic hydroxyl groups is 1. The zero-order valence-corrected chi connectivity index (χ0v) is 10.9. The Hall–Kier alpha value is -1.04. The maximum atomic E-state index is 9.46. The summed E-state index contributed by atoms with van der Waals surface area (Å²) in [6.45, 7) is 3.41. The van der Waals surface area contributed by atoms with Crippen LogP contribution in [0.4, 0.5) is 0 Å². The Labute approximate surface area is 108 Å². The van der Waals surface area contributed by atoms with Gasteiger partial charge in [0.2, 0.25) is 5.89 Å². The van der Waals surface area contributed by atoms with Gasteiger partial charge >= 0.3 is 0 Å². The van der Waals surface area contributed by atoms with Gasteiger partial charge in [-0.1, -0.05) is 17.7 Å². The van der Waals surface area contributed by atoms with Crippen LogP contribution in [0.3, 0.4) is 0 Å². The molecule has 0 amide bonds. The van der Waals surface area contributed by atoms with Crippen molar-refractivity contribution in [2.45, 2.75) is 30.1 Å². The highest BCUT2D eigenvalue weighted by atomic mass is 35.5. The van der Waals surface area contributed by atoms with Gasteiger partial charge in [-0.2, -0.15) is 0 Å². The molecule has 0 saturated carbocycles. The monoisotopic (exact) mass is 270 g/mol. The molecule has 2 rings (SSSR count). The first-order valence-electron chi connectivity index (χ1n) is 5.01. The molecule has 1 aromatic heterocycles. The highest BCUT2D eigenvalue weighted by Crippen LogP contribution is 2.31. The summed E-state index contributed by atoms with van der Waals surface area (Å²) >= 11 is 7.39. The second-order valence-electron chi connectivity index (χ2n) is 3.55. The molecule has 2 aromatic rings. The van der Waals surface area contributed by atoms with Gasteiger partial charge in [-0.25, -0.2) is 0 Å². The fourth-order valence-electron chi connectivity index (χ4n) is 1.33. The molecule has 1 N–H and O–H groups in total. The summed E-state index contributed by atoms with van der Waals surface area (Å²) < 4.78 is 5.25. The number of aryl methyl sites for hydroxylation is 1. The van der Waals surface area contributed by atoms with E-state index in [0.717, 1.165) is 4.90 Å². The van der Waals surface area contributed by atoms with E-state index in [2.05, 4.69) is 10.2 Å². The number of aromatic nitrogens is 2. The minimum absolute atomic E-state index is 0.475. The van der Waals surface area contributed by atoms with Gasteiger partial charge < -0.3 is 9.52 Å². The number of aliphatic hydroxyl groups excluding tert-OH is 1. The van der Waals surface area contributed by atoms with Crippen molar-refractivity contribution in [3.8, 4) is 0 Å². The summed E-state index contributed by atoms with van der Waals surface area (Å²) in [4.78, 5) is 0.892. The van der Waals surface area contributed by atoms with Gasteiger partial charge in [0, 0.05) is 16.8 Å². The minimum atomic E-state index is -0.577. The predicted octanol–water partition coefficient (Wildman–Crippen LogP) is 3.24. The summed E-state index contributed by atoms with van der Waals surface area (Å²) in [5.41, 5.74) is 0.706. The van der Waals surface area contributed by atoms with Gasteiger partial charge in [-0.3, -0.25) is 0 Å². The molecule has 0 bridgehead atoms. The number of nitrogens with zero attached hydrogens (tertiary/aromatic N) is 2. The second kappa shape index (κ2) is 5.08. The lowest BCUT2D eigenvalue weighted by Gasteiger charge is -2.07. The number of hydrogen-bond donors (Lipinski definition) is 1. The molecule has 0 saturated heterocycles. The Morgan fingerprint density at radius 1 is 1.41 bits per heavy atom. The Morgan fingerprint density at radius 3 is 2.71 bits per heavy atom. The van der Waals surface area contributed by atoms with Crippen LogP contribution in [0.5, 0.6) is 0 Å². The molecule has 17 heavy (non-hydrogen) atoms. The van der Waals surface area contributed by atoms with E-state index in [1.165, 1.54) is 11.8 Å². The highest BCUT2D eigenvalue weighted by molar-refractivity contribution is 7.99. The van der Waals surface area contributed by atoms with Crippen LogP contribution in [0.1, 0.15) is 24.5 Å². The summed E-state index contributed by atoms with van der Waals surface area (Å²) in [6, 6.07) is 5.42. The minimum Gasteiger partial charge on any atom is -0.416 e. The lowest BCUT2D eigenvalue weighted by Crippen LogP contribution is -1.91. The zero-order chi connectivity index (χ0) is 12.4. The Bertz CT molecular complexity index is 528. The van der Waals surface area contributed by atoms with Crippen LogP contribution in [0, 0.1) is 6.92 Å². The first-order valence-corrected chi connectivity index (χ1v) is 6.21. The molecule has 0 aliphatic carbocycles. The number of hydrogen-bond acceptors (Lipinski definition) is 5. The molecule has 4 nitrogen and oxygen atoms in total.